The molecule has 0 radical (unpaired) electrons. The minimum absolute atomic E-state index is 0.0731. The van der Waals surface area contributed by atoms with E-state index >= 15 is 0 Å². The molecule has 5 nitrogen and oxygen atoms in total. The third-order valence-electron chi connectivity index (χ3n) is 2.26. The fourth-order valence-electron chi connectivity index (χ4n) is 1.18. The maximum atomic E-state index is 12.7. The Balaban J connectivity index is 2.72. The number of sulfone groups is 1. The predicted molar refractivity (Wildman–Crippen MR) is 68.6 cm³/mol. The van der Waals surface area contributed by atoms with Crippen LogP contribution in [0.4, 0.5) is 4.39 Å². The molecule has 1 aromatic rings. The van der Waals surface area contributed by atoms with Crippen molar-refractivity contribution < 1.29 is 12.8 Å². The van der Waals surface area contributed by atoms with Crippen LogP contribution in [0.25, 0.3) is 0 Å². The molecule has 0 aromatic heterocycles. The highest BCUT2D eigenvalue weighted by molar-refractivity contribution is 7.91. The second-order valence-electron chi connectivity index (χ2n) is 3.91. The van der Waals surface area contributed by atoms with Gasteiger partial charge >= 0.3 is 0 Å². The Morgan fingerprint density at radius 2 is 1.89 bits per heavy atom. The number of rotatable bonds is 4. The maximum absolute atomic E-state index is 12.7. The molecule has 18 heavy (non-hydrogen) atoms. The lowest BCUT2D eigenvalue weighted by molar-refractivity contribution is 0.592. The molecule has 0 aliphatic carbocycles. The Kier molecular flexibility index (Phi) is 4.66. The number of hydrogen-bond acceptors (Lipinski definition) is 3. The van der Waals surface area contributed by atoms with Gasteiger partial charge in [-0.05, 0) is 24.3 Å². The monoisotopic (exact) mass is 273 g/mol. The van der Waals surface area contributed by atoms with Gasteiger partial charge < -0.3 is 10.6 Å². The molecule has 0 aliphatic heterocycles. The Labute approximate surface area is 106 Å². The second kappa shape index (κ2) is 5.81. The average Bonchev–Trinajstić information content (AvgIpc) is 2.29. The van der Waals surface area contributed by atoms with Crippen molar-refractivity contribution in [2.45, 2.75) is 4.90 Å². The molecule has 0 bridgehead atoms. The zero-order chi connectivity index (χ0) is 13.8. The highest BCUT2D eigenvalue weighted by Crippen LogP contribution is 2.11. The smallest absolute Gasteiger partial charge is 0.190 e. The summed E-state index contributed by atoms with van der Waals surface area (Å²) in [5, 5.41) is 0. The van der Waals surface area contributed by atoms with Crippen molar-refractivity contribution in [2.75, 3.05) is 26.4 Å². The van der Waals surface area contributed by atoms with E-state index < -0.39 is 15.7 Å². The van der Waals surface area contributed by atoms with Gasteiger partial charge in [-0.25, -0.2) is 12.8 Å². The van der Waals surface area contributed by atoms with Crippen LogP contribution < -0.4 is 5.73 Å². The largest absolute Gasteiger partial charge is 0.370 e. The summed E-state index contributed by atoms with van der Waals surface area (Å²) in [6.07, 6.45) is 0. The molecule has 0 amide bonds. The molecule has 2 N–H and O–H groups in total. The average molecular weight is 273 g/mol. The van der Waals surface area contributed by atoms with Gasteiger partial charge in [-0.1, -0.05) is 0 Å². The molecule has 0 saturated heterocycles. The number of halogens is 1. The molecule has 0 saturated carbocycles. The number of guanidine groups is 1. The molecule has 0 fully saturated rings. The van der Waals surface area contributed by atoms with Crippen molar-refractivity contribution in [3.05, 3.63) is 30.1 Å². The van der Waals surface area contributed by atoms with Crippen molar-refractivity contribution in [3.8, 4) is 0 Å². The quantitative estimate of drug-likeness (QED) is 0.492. The maximum Gasteiger partial charge on any atom is 0.190 e. The van der Waals surface area contributed by atoms with Gasteiger partial charge in [0.05, 0.1) is 17.2 Å². The molecule has 1 aromatic carbocycles. The van der Waals surface area contributed by atoms with Crippen LogP contribution in [-0.2, 0) is 9.84 Å². The van der Waals surface area contributed by atoms with E-state index in [9.17, 15) is 12.8 Å². The molecule has 0 unspecified atom stereocenters. The summed E-state index contributed by atoms with van der Waals surface area (Å²) >= 11 is 0. The molecule has 0 aliphatic rings. The fraction of sp³-hybridized carbons (Fsp3) is 0.364. The van der Waals surface area contributed by atoms with Crippen LogP contribution in [0.3, 0.4) is 0 Å². The topological polar surface area (TPSA) is 75.8 Å². The SMILES string of the molecule is CN(C)C(N)=NCCS(=O)(=O)c1ccc(F)cc1. The number of aliphatic imine (C=N–C) groups is 1. The van der Waals surface area contributed by atoms with Crippen molar-refractivity contribution in [1.29, 1.82) is 0 Å². The first-order valence-corrected chi connectivity index (χ1v) is 6.94. The van der Waals surface area contributed by atoms with Crippen LogP contribution >= 0.6 is 0 Å². The highest BCUT2D eigenvalue weighted by Gasteiger charge is 2.13. The van der Waals surface area contributed by atoms with Crippen molar-refractivity contribution in [3.63, 3.8) is 0 Å². The molecule has 0 heterocycles. The summed E-state index contributed by atoms with van der Waals surface area (Å²) in [5.41, 5.74) is 5.54. The number of benzene rings is 1. The number of hydrogen-bond donors (Lipinski definition) is 1. The van der Waals surface area contributed by atoms with Crippen molar-refractivity contribution >= 4 is 15.8 Å². The first-order chi connectivity index (χ1) is 8.33. The van der Waals surface area contributed by atoms with Gasteiger partial charge in [0, 0.05) is 14.1 Å². The van der Waals surface area contributed by atoms with E-state index in [4.69, 9.17) is 5.73 Å². The Morgan fingerprint density at radius 3 is 2.39 bits per heavy atom. The Bertz CT molecular complexity index is 524. The van der Waals surface area contributed by atoms with Crippen LogP contribution in [0, 0.1) is 5.82 Å². The van der Waals surface area contributed by atoms with Crippen molar-refractivity contribution in [2.24, 2.45) is 10.7 Å². The van der Waals surface area contributed by atoms with E-state index in [1.165, 1.54) is 12.1 Å². The lowest BCUT2D eigenvalue weighted by Crippen LogP contribution is -2.31. The van der Waals surface area contributed by atoms with E-state index in [1.807, 2.05) is 0 Å². The van der Waals surface area contributed by atoms with Gasteiger partial charge in [0.25, 0.3) is 0 Å². The van der Waals surface area contributed by atoms with E-state index in [1.54, 1.807) is 19.0 Å². The van der Waals surface area contributed by atoms with Crippen LogP contribution in [0.2, 0.25) is 0 Å². The Morgan fingerprint density at radius 1 is 1.33 bits per heavy atom. The van der Waals surface area contributed by atoms with Crippen LogP contribution in [0.5, 0.6) is 0 Å². The van der Waals surface area contributed by atoms with Crippen LogP contribution in [0.1, 0.15) is 0 Å². The summed E-state index contributed by atoms with van der Waals surface area (Å²) in [5.74, 6) is -0.360. The van der Waals surface area contributed by atoms with Gasteiger partial charge in [0.1, 0.15) is 5.82 Å². The van der Waals surface area contributed by atoms with Gasteiger partial charge in [-0.3, -0.25) is 4.99 Å². The molecule has 0 atom stereocenters. The Hall–Kier alpha value is -1.63. The molecule has 100 valence electrons. The minimum atomic E-state index is -3.45. The lowest BCUT2D eigenvalue weighted by Gasteiger charge is -2.10. The van der Waals surface area contributed by atoms with E-state index in [0.717, 1.165) is 12.1 Å². The fourth-order valence-corrected chi connectivity index (χ4v) is 2.30. The van der Waals surface area contributed by atoms with Crippen molar-refractivity contribution in [1.82, 2.24) is 4.90 Å². The first kappa shape index (κ1) is 14.4. The zero-order valence-corrected chi connectivity index (χ0v) is 11.1. The summed E-state index contributed by atoms with van der Waals surface area (Å²) in [7, 11) is -0.0151. The standard InChI is InChI=1S/C11H16FN3O2S/c1-15(2)11(13)14-7-8-18(16,17)10-5-3-9(12)4-6-10/h3-6H,7-8H2,1-2H3,(H2,13,14). The van der Waals surface area contributed by atoms with E-state index in [-0.39, 0.29) is 23.2 Å². The summed E-state index contributed by atoms with van der Waals surface area (Å²) in [6.45, 7) is 0.0731. The highest BCUT2D eigenvalue weighted by atomic mass is 32.2. The summed E-state index contributed by atoms with van der Waals surface area (Å²) in [4.78, 5) is 5.59. The first-order valence-electron chi connectivity index (χ1n) is 5.28. The lowest BCUT2D eigenvalue weighted by atomic mass is 10.4. The minimum Gasteiger partial charge on any atom is -0.370 e. The van der Waals surface area contributed by atoms with Gasteiger partial charge in [0.15, 0.2) is 15.8 Å². The molecular weight excluding hydrogens is 257 g/mol. The molecular formula is C11H16FN3O2S. The van der Waals surface area contributed by atoms with E-state index in [2.05, 4.69) is 4.99 Å². The van der Waals surface area contributed by atoms with Gasteiger partial charge in [0.2, 0.25) is 0 Å². The third-order valence-corrected chi connectivity index (χ3v) is 3.98. The molecule has 7 heteroatoms. The molecule has 1 rings (SSSR count). The summed E-state index contributed by atoms with van der Waals surface area (Å²) in [6, 6.07) is 4.71. The molecule has 0 spiro atoms. The zero-order valence-electron chi connectivity index (χ0n) is 10.3. The predicted octanol–water partition coefficient (Wildman–Crippen LogP) is 0.476. The summed E-state index contributed by atoms with van der Waals surface area (Å²) < 4.78 is 36.4. The van der Waals surface area contributed by atoms with E-state index in [0.29, 0.717) is 0 Å². The normalized spacial score (nSPS) is 12.5. The van der Waals surface area contributed by atoms with Crippen LogP contribution in [-0.4, -0.2) is 45.7 Å². The number of nitrogens with two attached hydrogens (primary N) is 1. The van der Waals surface area contributed by atoms with Gasteiger partial charge in [-0.15, -0.1) is 0 Å². The number of nitrogens with zero attached hydrogens (tertiary/aromatic N) is 2. The van der Waals surface area contributed by atoms with Crippen LogP contribution in [0.15, 0.2) is 34.2 Å². The second-order valence-corrected chi connectivity index (χ2v) is 6.02. The third kappa shape index (κ3) is 3.99. The van der Waals surface area contributed by atoms with Gasteiger partial charge in [-0.2, -0.15) is 0 Å².